The fraction of sp³-hybridized carbons (Fsp3) is 0.625. The lowest BCUT2D eigenvalue weighted by atomic mass is 9.85. The summed E-state index contributed by atoms with van der Waals surface area (Å²) in [7, 11) is 0. The molecule has 0 N–H and O–H groups in total. The Balaban J connectivity index is 2.68. The molecular weight excluding hydrogens is 128 g/mol. The van der Waals surface area contributed by atoms with Crippen LogP contribution < -0.4 is 0 Å². The Bertz CT molecular complexity index is 191. The molecule has 0 bridgehead atoms. The van der Waals surface area contributed by atoms with Crippen LogP contribution in [-0.2, 0) is 9.53 Å². The third kappa shape index (κ3) is 0.838. The molecule has 56 valence electrons. The minimum Gasteiger partial charge on any atom is -0.497 e. The first kappa shape index (κ1) is 7.32. The number of hydrogen-bond donors (Lipinski definition) is 0. The molecular formula is C8H12O2. The van der Waals surface area contributed by atoms with Crippen LogP contribution in [0, 0.1) is 5.92 Å². The molecule has 2 nitrogen and oxygen atoms in total. The number of Topliss-reactive ketones (excluding diaryl/α,β-unsaturated/α-hetero) is 1. The third-order valence-electron chi connectivity index (χ3n) is 1.83. The summed E-state index contributed by atoms with van der Waals surface area (Å²) in [4.78, 5) is 10.9. The van der Waals surface area contributed by atoms with Crippen molar-refractivity contribution in [1.29, 1.82) is 0 Å². The van der Waals surface area contributed by atoms with Gasteiger partial charge in [0.1, 0.15) is 5.76 Å². The van der Waals surface area contributed by atoms with Crippen molar-refractivity contribution in [2.75, 3.05) is 6.61 Å². The van der Waals surface area contributed by atoms with Gasteiger partial charge < -0.3 is 4.74 Å². The molecule has 0 aromatic carbocycles. The SMILES string of the molecule is CCOC1=C(C)C(=O)[C@H]1C. The minimum atomic E-state index is 0.0138. The maximum Gasteiger partial charge on any atom is 0.172 e. The fourth-order valence-corrected chi connectivity index (χ4v) is 1.20. The van der Waals surface area contributed by atoms with Crippen molar-refractivity contribution in [3.8, 4) is 0 Å². The van der Waals surface area contributed by atoms with Crippen LogP contribution in [0.4, 0.5) is 0 Å². The van der Waals surface area contributed by atoms with Crippen LogP contribution in [0.25, 0.3) is 0 Å². The van der Waals surface area contributed by atoms with E-state index >= 15 is 0 Å². The first-order valence-electron chi connectivity index (χ1n) is 3.56. The summed E-state index contributed by atoms with van der Waals surface area (Å²) in [6.07, 6.45) is 0. The van der Waals surface area contributed by atoms with Gasteiger partial charge in [-0.15, -0.1) is 0 Å². The smallest absolute Gasteiger partial charge is 0.172 e. The van der Waals surface area contributed by atoms with Gasteiger partial charge in [-0.25, -0.2) is 0 Å². The summed E-state index contributed by atoms with van der Waals surface area (Å²) in [5, 5.41) is 0. The third-order valence-corrected chi connectivity index (χ3v) is 1.83. The minimum absolute atomic E-state index is 0.0138. The Labute approximate surface area is 60.9 Å². The van der Waals surface area contributed by atoms with E-state index in [2.05, 4.69) is 0 Å². The maximum absolute atomic E-state index is 10.9. The summed E-state index contributed by atoms with van der Waals surface area (Å²) in [5.41, 5.74) is 0.800. The molecule has 0 saturated heterocycles. The summed E-state index contributed by atoms with van der Waals surface area (Å²) in [5.74, 6) is 1.12. The highest BCUT2D eigenvalue weighted by atomic mass is 16.5. The second-order valence-electron chi connectivity index (χ2n) is 2.51. The highest BCUT2D eigenvalue weighted by Gasteiger charge is 2.33. The molecule has 1 rings (SSSR count). The molecule has 10 heavy (non-hydrogen) atoms. The number of carbonyl (C=O) groups is 1. The zero-order chi connectivity index (χ0) is 7.72. The van der Waals surface area contributed by atoms with Crippen molar-refractivity contribution < 1.29 is 9.53 Å². The number of rotatable bonds is 2. The Hall–Kier alpha value is -0.790. The van der Waals surface area contributed by atoms with Crippen LogP contribution in [0.5, 0.6) is 0 Å². The lowest BCUT2D eigenvalue weighted by Crippen LogP contribution is -2.28. The predicted octanol–water partition coefficient (Wildman–Crippen LogP) is 1.52. The quantitative estimate of drug-likeness (QED) is 0.581. The van der Waals surface area contributed by atoms with Crippen LogP contribution in [0.2, 0.25) is 0 Å². The number of ether oxygens (including phenoxy) is 1. The molecule has 0 amide bonds. The number of allylic oxidation sites excluding steroid dienone is 2. The molecule has 0 heterocycles. The Kier molecular flexibility index (Phi) is 1.79. The monoisotopic (exact) mass is 140 g/mol. The van der Waals surface area contributed by atoms with E-state index in [0.29, 0.717) is 6.61 Å². The molecule has 0 spiro atoms. The van der Waals surface area contributed by atoms with Crippen molar-refractivity contribution in [1.82, 2.24) is 0 Å². The molecule has 0 aliphatic heterocycles. The van der Waals surface area contributed by atoms with E-state index in [4.69, 9.17) is 4.74 Å². The van der Waals surface area contributed by atoms with E-state index in [-0.39, 0.29) is 11.7 Å². The topological polar surface area (TPSA) is 26.3 Å². The van der Waals surface area contributed by atoms with Crippen molar-refractivity contribution in [3.05, 3.63) is 11.3 Å². The number of ketones is 1. The lowest BCUT2D eigenvalue weighted by molar-refractivity contribution is -0.122. The zero-order valence-electron chi connectivity index (χ0n) is 6.60. The predicted molar refractivity (Wildman–Crippen MR) is 38.5 cm³/mol. The largest absolute Gasteiger partial charge is 0.497 e. The molecule has 1 aliphatic carbocycles. The molecule has 0 aromatic heterocycles. The van der Waals surface area contributed by atoms with Gasteiger partial charge in [-0.05, 0) is 20.8 Å². The Morgan fingerprint density at radius 1 is 1.60 bits per heavy atom. The molecule has 0 fully saturated rings. The lowest BCUT2D eigenvalue weighted by Gasteiger charge is -2.26. The fourth-order valence-electron chi connectivity index (χ4n) is 1.20. The van der Waals surface area contributed by atoms with Crippen molar-refractivity contribution >= 4 is 5.78 Å². The summed E-state index contributed by atoms with van der Waals surface area (Å²) >= 11 is 0. The van der Waals surface area contributed by atoms with Crippen LogP contribution in [0.15, 0.2) is 11.3 Å². The van der Waals surface area contributed by atoms with E-state index < -0.39 is 0 Å². The van der Waals surface area contributed by atoms with Crippen molar-refractivity contribution in [2.24, 2.45) is 5.92 Å². The molecule has 1 aliphatic rings. The highest BCUT2D eigenvalue weighted by Crippen LogP contribution is 2.30. The average molecular weight is 140 g/mol. The zero-order valence-corrected chi connectivity index (χ0v) is 6.60. The van der Waals surface area contributed by atoms with Crippen LogP contribution in [0.3, 0.4) is 0 Å². The van der Waals surface area contributed by atoms with Gasteiger partial charge in [-0.2, -0.15) is 0 Å². The normalized spacial score (nSPS) is 24.7. The molecule has 0 radical (unpaired) electrons. The van der Waals surface area contributed by atoms with E-state index in [1.165, 1.54) is 0 Å². The maximum atomic E-state index is 10.9. The first-order valence-corrected chi connectivity index (χ1v) is 3.56. The summed E-state index contributed by atoms with van der Waals surface area (Å²) in [6, 6.07) is 0. The van der Waals surface area contributed by atoms with E-state index in [0.717, 1.165) is 11.3 Å². The number of carbonyl (C=O) groups excluding carboxylic acids is 1. The first-order chi connectivity index (χ1) is 4.68. The summed E-state index contributed by atoms with van der Waals surface area (Å²) in [6.45, 7) is 6.27. The van der Waals surface area contributed by atoms with Crippen LogP contribution >= 0.6 is 0 Å². The van der Waals surface area contributed by atoms with Gasteiger partial charge in [-0.3, -0.25) is 4.79 Å². The highest BCUT2D eigenvalue weighted by molar-refractivity contribution is 6.05. The molecule has 2 heteroatoms. The van der Waals surface area contributed by atoms with Gasteiger partial charge >= 0.3 is 0 Å². The van der Waals surface area contributed by atoms with Crippen LogP contribution in [-0.4, -0.2) is 12.4 Å². The van der Waals surface area contributed by atoms with Gasteiger partial charge in [0.25, 0.3) is 0 Å². The molecule has 0 unspecified atom stereocenters. The van der Waals surface area contributed by atoms with Gasteiger partial charge in [-0.1, -0.05) is 0 Å². The number of hydrogen-bond acceptors (Lipinski definition) is 2. The Morgan fingerprint density at radius 3 is 2.60 bits per heavy atom. The second-order valence-corrected chi connectivity index (χ2v) is 2.51. The van der Waals surface area contributed by atoms with Gasteiger partial charge in [0.05, 0.1) is 12.5 Å². The van der Waals surface area contributed by atoms with Crippen LogP contribution in [0.1, 0.15) is 20.8 Å². The van der Waals surface area contributed by atoms with Gasteiger partial charge in [0.15, 0.2) is 5.78 Å². The molecule has 0 saturated carbocycles. The molecule has 0 aromatic rings. The van der Waals surface area contributed by atoms with Gasteiger partial charge in [0, 0.05) is 5.57 Å². The van der Waals surface area contributed by atoms with E-state index in [9.17, 15) is 4.79 Å². The second kappa shape index (κ2) is 2.45. The van der Waals surface area contributed by atoms with Gasteiger partial charge in [0.2, 0.25) is 0 Å². The summed E-state index contributed by atoms with van der Waals surface area (Å²) < 4.78 is 5.23. The standard InChI is InChI=1S/C8H12O2/c1-4-10-8-5(2)7(9)6(8)3/h5H,4H2,1-3H3/t5-/m1/s1. The van der Waals surface area contributed by atoms with E-state index in [1.54, 1.807) is 0 Å². The van der Waals surface area contributed by atoms with E-state index in [1.807, 2.05) is 20.8 Å². The average Bonchev–Trinajstić information content (AvgIpc) is 1.98. The Morgan fingerprint density at radius 2 is 2.20 bits per heavy atom. The molecule has 1 atom stereocenters. The van der Waals surface area contributed by atoms with Crippen molar-refractivity contribution in [3.63, 3.8) is 0 Å². The van der Waals surface area contributed by atoms with Crippen molar-refractivity contribution in [2.45, 2.75) is 20.8 Å².